The molecule has 2 aromatic heterocycles. The van der Waals surface area contributed by atoms with Crippen molar-refractivity contribution in [3.63, 3.8) is 0 Å². The zero-order chi connectivity index (χ0) is 25.2. The van der Waals surface area contributed by atoms with Crippen LogP contribution in [0.3, 0.4) is 0 Å². The van der Waals surface area contributed by atoms with Gasteiger partial charge in [-0.3, -0.25) is 4.98 Å². The molecule has 0 unspecified atom stereocenters. The molecule has 0 atom stereocenters. The maximum absolute atomic E-state index is 5.26. The number of para-hydroxylation sites is 1. The summed E-state index contributed by atoms with van der Waals surface area (Å²) < 4.78 is 2.27. The van der Waals surface area contributed by atoms with Gasteiger partial charge in [0, 0.05) is 45.2 Å². The van der Waals surface area contributed by atoms with Crippen molar-refractivity contribution in [2.75, 3.05) is 0 Å². The van der Waals surface area contributed by atoms with E-state index in [1.54, 1.807) is 0 Å². The first-order chi connectivity index (χ1) is 18.8. The molecule has 178 valence electrons. The summed E-state index contributed by atoms with van der Waals surface area (Å²) in [6, 6.07) is 40.9. The van der Waals surface area contributed by atoms with Crippen molar-refractivity contribution in [3.8, 4) is 22.4 Å². The van der Waals surface area contributed by atoms with Crippen LogP contribution in [-0.4, -0.2) is 14.5 Å². The summed E-state index contributed by atoms with van der Waals surface area (Å²) in [6.07, 6.45) is 1.93. The highest BCUT2D eigenvalue weighted by Gasteiger charge is 2.15. The van der Waals surface area contributed by atoms with E-state index in [1.807, 2.05) is 6.20 Å². The molecule has 0 saturated heterocycles. The number of aryl methyl sites for hydroxylation is 1. The molecule has 6 aromatic carbocycles. The van der Waals surface area contributed by atoms with Crippen molar-refractivity contribution in [1.82, 2.24) is 14.5 Å². The van der Waals surface area contributed by atoms with Gasteiger partial charge < -0.3 is 4.57 Å². The summed E-state index contributed by atoms with van der Waals surface area (Å²) >= 11 is 0. The van der Waals surface area contributed by atoms with Gasteiger partial charge in [-0.15, -0.1) is 0 Å². The van der Waals surface area contributed by atoms with E-state index in [0.29, 0.717) is 0 Å². The number of benzene rings is 6. The fourth-order valence-corrected chi connectivity index (χ4v) is 6.05. The van der Waals surface area contributed by atoms with Gasteiger partial charge in [0.25, 0.3) is 0 Å². The Morgan fingerprint density at radius 2 is 1.08 bits per heavy atom. The van der Waals surface area contributed by atoms with Gasteiger partial charge in [-0.1, -0.05) is 97.1 Å². The van der Waals surface area contributed by atoms with E-state index >= 15 is 0 Å². The quantitative estimate of drug-likeness (QED) is 0.229. The Morgan fingerprint density at radius 3 is 1.84 bits per heavy atom. The Balaban J connectivity index is 1.38. The number of fused-ring (bicyclic) bond motifs is 9. The zero-order valence-corrected chi connectivity index (χ0v) is 20.9. The first kappa shape index (κ1) is 21.1. The van der Waals surface area contributed by atoms with Crippen molar-refractivity contribution in [2.45, 2.75) is 0 Å². The molecule has 8 aromatic rings. The Labute approximate surface area is 219 Å². The smallest absolute Gasteiger partial charge is 0.0979 e. The summed E-state index contributed by atoms with van der Waals surface area (Å²) in [5, 5.41) is 7.21. The van der Waals surface area contributed by atoms with Crippen LogP contribution in [-0.2, 0) is 7.05 Å². The van der Waals surface area contributed by atoms with Gasteiger partial charge in [-0.2, -0.15) is 0 Å². The number of hydrogen-bond acceptors (Lipinski definition) is 2. The van der Waals surface area contributed by atoms with Crippen LogP contribution in [0, 0.1) is 0 Å². The van der Waals surface area contributed by atoms with Crippen molar-refractivity contribution >= 4 is 54.4 Å². The normalized spacial score (nSPS) is 11.8. The van der Waals surface area contributed by atoms with E-state index in [2.05, 4.69) is 127 Å². The molecule has 0 radical (unpaired) electrons. The van der Waals surface area contributed by atoms with Crippen LogP contribution in [0.4, 0.5) is 0 Å². The number of hydrogen-bond donors (Lipinski definition) is 0. The monoisotopic (exact) mass is 485 g/mol. The molecule has 0 saturated carbocycles. The van der Waals surface area contributed by atoms with Crippen LogP contribution in [0.1, 0.15) is 0 Å². The maximum atomic E-state index is 5.26. The van der Waals surface area contributed by atoms with Crippen molar-refractivity contribution in [2.24, 2.45) is 7.05 Å². The molecule has 0 fully saturated rings. The molecular weight excluding hydrogens is 462 g/mol. The lowest BCUT2D eigenvalue weighted by molar-refractivity contribution is 1.01. The highest BCUT2D eigenvalue weighted by Crippen LogP contribution is 2.38. The van der Waals surface area contributed by atoms with E-state index in [-0.39, 0.29) is 0 Å². The Morgan fingerprint density at radius 1 is 0.500 bits per heavy atom. The lowest BCUT2D eigenvalue weighted by Gasteiger charge is -2.13. The SMILES string of the molecule is Cn1c2ccccc2c2cc(-c3ccccc3-c3cnc4c5ccccc5c5ccccc5c4n3)ccc21. The van der Waals surface area contributed by atoms with Crippen molar-refractivity contribution in [3.05, 3.63) is 121 Å². The molecule has 8 rings (SSSR count). The largest absolute Gasteiger partial charge is 0.344 e. The molecule has 0 aliphatic heterocycles. The van der Waals surface area contributed by atoms with Gasteiger partial charge in [0.2, 0.25) is 0 Å². The molecular formula is C35H23N3. The lowest BCUT2D eigenvalue weighted by Crippen LogP contribution is -1.94. The number of aromatic nitrogens is 3. The first-order valence-electron chi connectivity index (χ1n) is 12.9. The summed E-state index contributed by atoms with van der Waals surface area (Å²) in [7, 11) is 2.14. The van der Waals surface area contributed by atoms with Crippen molar-refractivity contribution in [1.29, 1.82) is 0 Å². The highest BCUT2D eigenvalue weighted by molar-refractivity contribution is 6.23. The van der Waals surface area contributed by atoms with Crippen molar-refractivity contribution < 1.29 is 0 Å². The molecule has 0 spiro atoms. The lowest BCUT2D eigenvalue weighted by atomic mass is 9.96. The Hall–Kier alpha value is -5.02. The summed E-state index contributed by atoms with van der Waals surface area (Å²) in [4.78, 5) is 10.3. The van der Waals surface area contributed by atoms with Crippen LogP contribution in [0.15, 0.2) is 121 Å². The van der Waals surface area contributed by atoms with E-state index in [9.17, 15) is 0 Å². The molecule has 38 heavy (non-hydrogen) atoms. The van der Waals surface area contributed by atoms with Gasteiger partial charge >= 0.3 is 0 Å². The minimum absolute atomic E-state index is 0.881. The Kier molecular flexibility index (Phi) is 4.44. The molecule has 0 N–H and O–H groups in total. The van der Waals surface area contributed by atoms with E-state index in [4.69, 9.17) is 9.97 Å². The first-order valence-corrected chi connectivity index (χ1v) is 12.9. The van der Waals surface area contributed by atoms with Gasteiger partial charge in [-0.05, 0) is 40.1 Å². The predicted octanol–water partition coefficient (Wildman–Crippen LogP) is 8.92. The number of rotatable bonds is 2. The van der Waals surface area contributed by atoms with E-state index in [0.717, 1.165) is 38.6 Å². The summed E-state index contributed by atoms with van der Waals surface area (Å²) in [5.74, 6) is 0. The van der Waals surface area contributed by atoms with Crippen LogP contribution < -0.4 is 0 Å². The molecule has 0 aliphatic rings. The molecule has 2 heterocycles. The molecule has 0 amide bonds. The standard InChI is InChI=1S/C35H23N3/c1-38-32-17-9-8-14-27(32)30-20-22(18-19-33(30)38)23-10-2-5-13-26(23)31-21-36-34-28-15-6-3-11-24(28)25-12-4-7-16-29(25)35(34)37-31/h2-21H,1H3. The minimum Gasteiger partial charge on any atom is -0.344 e. The molecule has 3 heteroatoms. The highest BCUT2D eigenvalue weighted by atomic mass is 14.9. The van der Waals surface area contributed by atoms with Crippen LogP contribution >= 0.6 is 0 Å². The topological polar surface area (TPSA) is 30.7 Å². The van der Waals surface area contributed by atoms with Gasteiger partial charge in [-0.25, -0.2) is 4.98 Å². The predicted molar refractivity (Wildman–Crippen MR) is 159 cm³/mol. The average molecular weight is 486 g/mol. The Bertz CT molecular complexity index is 2170. The van der Waals surface area contributed by atoms with Gasteiger partial charge in [0.15, 0.2) is 0 Å². The number of nitrogens with zero attached hydrogens (tertiary/aromatic N) is 3. The van der Waals surface area contributed by atoms with Gasteiger partial charge in [0.1, 0.15) is 0 Å². The summed E-state index contributed by atoms with van der Waals surface area (Å²) in [6.45, 7) is 0. The second-order valence-electron chi connectivity index (χ2n) is 9.90. The fraction of sp³-hybridized carbons (Fsp3) is 0.0286. The second kappa shape index (κ2) is 7.99. The third-order valence-corrected chi connectivity index (χ3v) is 7.85. The fourth-order valence-electron chi connectivity index (χ4n) is 6.05. The minimum atomic E-state index is 0.881. The average Bonchev–Trinajstić information content (AvgIpc) is 3.28. The third-order valence-electron chi connectivity index (χ3n) is 7.85. The molecule has 3 nitrogen and oxygen atoms in total. The zero-order valence-electron chi connectivity index (χ0n) is 20.9. The molecule has 0 aliphatic carbocycles. The summed E-state index contributed by atoms with van der Waals surface area (Å²) in [5.41, 5.74) is 8.65. The maximum Gasteiger partial charge on any atom is 0.0979 e. The molecule has 0 bridgehead atoms. The van der Waals surface area contributed by atoms with Crippen LogP contribution in [0.25, 0.3) is 76.8 Å². The third kappa shape index (κ3) is 2.96. The van der Waals surface area contributed by atoms with Crippen LogP contribution in [0.5, 0.6) is 0 Å². The van der Waals surface area contributed by atoms with E-state index < -0.39 is 0 Å². The van der Waals surface area contributed by atoms with E-state index in [1.165, 1.54) is 38.1 Å². The van der Waals surface area contributed by atoms with Gasteiger partial charge in [0.05, 0.1) is 22.9 Å². The second-order valence-corrected chi connectivity index (χ2v) is 9.90. The van der Waals surface area contributed by atoms with Crippen LogP contribution in [0.2, 0.25) is 0 Å².